The molecule has 2 heterocycles. The highest BCUT2D eigenvalue weighted by molar-refractivity contribution is 14.1. The number of halogens is 1. The lowest BCUT2D eigenvalue weighted by atomic mass is 10.3. The normalized spacial score (nSPS) is 10.7. The third-order valence-corrected chi connectivity index (χ3v) is 3.88. The van der Waals surface area contributed by atoms with Crippen molar-refractivity contribution in [2.24, 2.45) is 0 Å². The van der Waals surface area contributed by atoms with Crippen molar-refractivity contribution in [1.82, 2.24) is 19.9 Å². The maximum Gasteiger partial charge on any atom is 0.180 e. The van der Waals surface area contributed by atoms with Crippen molar-refractivity contribution in [1.29, 1.82) is 0 Å². The Bertz CT molecular complexity index is 620. The molecule has 0 fully saturated rings. The van der Waals surface area contributed by atoms with Gasteiger partial charge in [-0.1, -0.05) is 6.92 Å². The molecule has 7 heteroatoms. The summed E-state index contributed by atoms with van der Waals surface area (Å²) in [6.45, 7) is 5.27. The van der Waals surface area contributed by atoms with Gasteiger partial charge in [0.1, 0.15) is 17.3 Å². The molecule has 0 aromatic carbocycles. The minimum absolute atomic E-state index is 0.443. The minimum Gasteiger partial charge on any atom is -0.378 e. The molecular formula is C14H18IN5O. The predicted octanol–water partition coefficient (Wildman–Crippen LogP) is 2.81. The number of hydrogen-bond acceptors (Lipinski definition) is 6. The van der Waals surface area contributed by atoms with Gasteiger partial charge in [0.05, 0.1) is 15.9 Å². The summed E-state index contributed by atoms with van der Waals surface area (Å²) in [7, 11) is 1.66. The van der Waals surface area contributed by atoms with Crippen LogP contribution in [0, 0.1) is 10.5 Å². The number of methoxy groups -OCH3 is 1. The van der Waals surface area contributed by atoms with E-state index in [1.807, 2.05) is 13.0 Å². The van der Waals surface area contributed by atoms with Crippen LogP contribution in [0.15, 0.2) is 12.3 Å². The van der Waals surface area contributed by atoms with Crippen LogP contribution in [0.1, 0.15) is 24.9 Å². The molecule has 0 aliphatic heterocycles. The van der Waals surface area contributed by atoms with Crippen molar-refractivity contribution in [2.75, 3.05) is 19.0 Å². The molecule has 2 aromatic heterocycles. The predicted molar refractivity (Wildman–Crippen MR) is 90.0 cm³/mol. The van der Waals surface area contributed by atoms with Gasteiger partial charge < -0.3 is 10.1 Å². The van der Waals surface area contributed by atoms with Gasteiger partial charge in [0.15, 0.2) is 5.82 Å². The lowest BCUT2D eigenvalue weighted by Gasteiger charge is -2.12. The van der Waals surface area contributed by atoms with Crippen LogP contribution in [0.5, 0.6) is 0 Å². The van der Waals surface area contributed by atoms with E-state index in [2.05, 4.69) is 54.8 Å². The standard InChI is InChI=1S/C14H18IN5O/c1-4-6-17-14-12(15)11(8-21-3)19-13(20-14)10-5-7-16-9(2)18-10/h5,7H,4,6,8H2,1-3H3,(H,17,19,20). The lowest BCUT2D eigenvalue weighted by molar-refractivity contribution is 0.181. The summed E-state index contributed by atoms with van der Waals surface area (Å²) in [6.07, 6.45) is 2.75. The van der Waals surface area contributed by atoms with E-state index in [1.54, 1.807) is 13.3 Å². The second-order valence-electron chi connectivity index (χ2n) is 4.51. The first kappa shape index (κ1) is 16.0. The summed E-state index contributed by atoms with van der Waals surface area (Å²) >= 11 is 2.25. The number of nitrogens with one attached hydrogen (secondary N) is 1. The number of anilines is 1. The van der Waals surface area contributed by atoms with Gasteiger partial charge in [0.25, 0.3) is 0 Å². The van der Waals surface area contributed by atoms with Gasteiger partial charge >= 0.3 is 0 Å². The molecule has 0 saturated heterocycles. The highest BCUT2D eigenvalue weighted by Gasteiger charge is 2.14. The monoisotopic (exact) mass is 399 g/mol. The first-order valence-electron chi connectivity index (χ1n) is 6.75. The molecule has 21 heavy (non-hydrogen) atoms. The van der Waals surface area contributed by atoms with Gasteiger partial charge in [-0.05, 0) is 42.0 Å². The number of aryl methyl sites for hydroxylation is 1. The Morgan fingerprint density at radius 3 is 2.76 bits per heavy atom. The molecular weight excluding hydrogens is 381 g/mol. The Morgan fingerprint density at radius 1 is 1.29 bits per heavy atom. The summed E-state index contributed by atoms with van der Waals surface area (Å²) in [5.41, 5.74) is 1.58. The summed E-state index contributed by atoms with van der Waals surface area (Å²) in [6, 6.07) is 1.81. The molecule has 0 aliphatic carbocycles. The number of nitrogens with zero attached hydrogens (tertiary/aromatic N) is 4. The Kier molecular flexibility index (Phi) is 5.80. The Morgan fingerprint density at radius 2 is 2.10 bits per heavy atom. The molecule has 0 atom stereocenters. The van der Waals surface area contributed by atoms with Crippen molar-refractivity contribution in [3.8, 4) is 11.5 Å². The average molecular weight is 399 g/mol. The topological polar surface area (TPSA) is 72.8 Å². The molecule has 2 aromatic rings. The molecule has 2 rings (SSSR count). The zero-order chi connectivity index (χ0) is 15.2. The fourth-order valence-corrected chi connectivity index (χ4v) is 2.37. The van der Waals surface area contributed by atoms with Crippen molar-refractivity contribution in [3.63, 3.8) is 0 Å². The van der Waals surface area contributed by atoms with E-state index < -0.39 is 0 Å². The van der Waals surface area contributed by atoms with Crippen molar-refractivity contribution in [3.05, 3.63) is 27.4 Å². The van der Waals surface area contributed by atoms with Crippen LogP contribution in [0.4, 0.5) is 5.82 Å². The second-order valence-corrected chi connectivity index (χ2v) is 5.58. The number of ether oxygens (including phenoxy) is 1. The fourth-order valence-electron chi connectivity index (χ4n) is 1.78. The van der Waals surface area contributed by atoms with E-state index in [0.717, 1.165) is 33.7 Å². The SMILES string of the molecule is CCCNc1nc(-c2ccnc(C)n2)nc(COC)c1I. The van der Waals surface area contributed by atoms with E-state index in [0.29, 0.717) is 18.3 Å². The third kappa shape index (κ3) is 4.07. The van der Waals surface area contributed by atoms with Crippen LogP contribution >= 0.6 is 22.6 Å². The molecule has 0 radical (unpaired) electrons. The molecule has 0 saturated carbocycles. The van der Waals surface area contributed by atoms with E-state index in [4.69, 9.17) is 4.74 Å². The van der Waals surface area contributed by atoms with Crippen molar-refractivity contribution >= 4 is 28.4 Å². The zero-order valence-corrected chi connectivity index (χ0v) is 14.5. The van der Waals surface area contributed by atoms with Gasteiger partial charge in [-0.25, -0.2) is 19.9 Å². The summed E-state index contributed by atoms with van der Waals surface area (Å²) in [4.78, 5) is 17.7. The van der Waals surface area contributed by atoms with Crippen LogP contribution in [0.25, 0.3) is 11.5 Å². The summed E-state index contributed by atoms with van der Waals surface area (Å²) < 4.78 is 6.21. The van der Waals surface area contributed by atoms with Gasteiger partial charge in [0.2, 0.25) is 0 Å². The van der Waals surface area contributed by atoms with Gasteiger partial charge in [-0.15, -0.1) is 0 Å². The highest BCUT2D eigenvalue weighted by atomic mass is 127. The quantitative estimate of drug-likeness (QED) is 0.754. The van der Waals surface area contributed by atoms with E-state index in [9.17, 15) is 0 Å². The van der Waals surface area contributed by atoms with Gasteiger partial charge in [0, 0.05) is 19.9 Å². The molecule has 0 bridgehead atoms. The Hall–Kier alpha value is -1.35. The molecule has 0 spiro atoms. The smallest absolute Gasteiger partial charge is 0.180 e. The van der Waals surface area contributed by atoms with Gasteiger partial charge in [-0.3, -0.25) is 0 Å². The molecule has 0 aliphatic rings. The van der Waals surface area contributed by atoms with Gasteiger partial charge in [-0.2, -0.15) is 0 Å². The van der Waals surface area contributed by atoms with Crippen LogP contribution in [0.3, 0.4) is 0 Å². The largest absolute Gasteiger partial charge is 0.378 e. The van der Waals surface area contributed by atoms with Crippen LogP contribution in [-0.2, 0) is 11.3 Å². The number of rotatable bonds is 6. The number of hydrogen-bond donors (Lipinski definition) is 1. The van der Waals surface area contributed by atoms with E-state index >= 15 is 0 Å². The molecule has 0 amide bonds. The van der Waals surface area contributed by atoms with Crippen molar-refractivity contribution < 1.29 is 4.74 Å². The summed E-state index contributed by atoms with van der Waals surface area (Å²) in [5.74, 6) is 2.11. The lowest BCUT2D eigenvalue weighted by Crippen LogP contribution is -2.10. The molecule has 1 N–H and O–H groups in total. The minimum atomic E-state index is 0.443. The Labute approximate surface area is 137 Å². The second kappa shape index (κ2) is 7.60. The van der Waals surface area contributed by atoms with Crippen molar-refractivity contribution in [2.45, 2.75) is 26.9 Å². The van der Waals surface area contributed by atoms with E-state index in [-0.39, 0.29) is 0 Å². The molecule has 6 nitrogen and oxygen atoms in total. The van der Waals surface area contributed by atoms with E-state index in [1.165, 1.54) is 0 Å². The number of aromatic nitrogens is 4. The highest BCUT2D eigenvalue weighted by Crippen LogP contribution is 2.23. The molecule has 112 valence electrons. The summed E-state index contributed by atoms with van der Waals surface area (Å²) in [5, 5.41) is 3.33. The first-order valence-corrected chi connectivity index (χ1v) is 7.82. The Balaban J connectivity index is 2.47. The zero-order valence-electron chi connectivity index (χ0n) is 12.4. The van der Waals surface area contributed by atoms with Crippen LogP contribution in [0.2, 0.25) is 0 Å². The average Bonchev–Trinajstić information content (AvgIpc) is 2.48. The third-order valence-electron chi connectivity index (χ3n) is 2.75. The van der Waals surface area contributed by atoms with Crippen LogP contribution < -0.4 is 5.32 Å². The maximum atomic E-state index is 5.23. The molecule has 0 unspecified atom stereocenters. The first-order chi connectivity index (χ1) is 10.2. The fraction of sp³-hybridized carbons (Fsp3) is 0.429. The maximum absolute atomic E-state index is 5.23. The van der Waals surface area contributed by atoms with Crippen LogP contribution in [-0.4, -0.2) is 33.6 Å².